The van der Waals surface area contributed by atoms with Crippen LogP contribution in [0.15, 0.2) is 48.5 Å². The van der Waals surface area contributed by atoms with Gasteiger partial charge in [0.05, 0.1) is 6.04 Å². The van der Waals surface area contributed by atoms with E-state index in [1.807, 2.05) is 69.3 Å². The number of amides is 1. The zero-order chi connectivity index (χ0) is 17.2. The quantitative estimate of drug-likeness (QED) is 0.930. The van der Waals surface area contributed by atoms with Gasteiger partial charge in [-0.3, -0.25) is 4.79 Å². The van der Waals surface area contributed by atoms with Crippen LogP contribution in [-0.4, -0.2) is 18.1 Å². The lowest BCUT2D eigenvalue weighted by Crippen LogP contribution is -2.42. The van der Waals surface area contributed by atoms with Crippen LogP contribution in [0.1, 0.15) is 37.4 Å². The van der Waals surface area contributed by atoms with E-state index in [0.717, 1.165) is 23.3 Å². The van der Waals surface area contributed by atoms with Gasteiger partial charge in [0.2, 0.25) is 0 Å². The molecule has 1 N–H and O–H groups in total. The van der Waals surface area contributed by atoms with Crippen LogP contribution < -0.4 is 14.8 Å². The van der Waals surface area contributed by atoms with E-state index in [1.54, 1.807) is 0 Å². The zero-order valence-electron chi connectivity index (χ0n) is 14.3. The Morgan fingerprint density at radius 2 is 1.92 bits per heavy atom. The summed E-state index contributed by atoms with van der Waals surface area (Å²) in [6.45, 7) is 6.08. The summed E-state index contributed by atoms with van der Waals surface area (Å²) in [5.41, 5.74) is 1.86. The van der Waals surface area contributed by atoms with Crippen LogP contribution >= 0.6 is 0 Å². The van der Waals surface area contributed by atoms with Crippen LogP contribution in [0.5, 0.6) is 11.5 Å². The van der Waals surface area contributed by atoms with E-state index < -0.39 is 0 Å². The maximum absolute atomic E-state index is 12.3. The molecule has 0 saturated heterocycles. The normalized spacial score (nSPS) is 18.2. The minimum Gasteiger partial charge on any atom is -0.487 e. The Kier molecular flexibility index (Phi) is 4.47. The van der Waals surface area contributed by atoms with Crippen LogP contribution in [0, 0.1) is 6.92 Å². The van der Waals surface area contributed by atoms with E-state index >= 15 is 0 Å². The Morgan fingerprint density at radius 1 is 1.21 bits per heavy atom. The maximum Gasteiger partial charge on any atom is 0.258 e. The number of nitrogens with one attached hydrogen (secondary N) is 1. The van der Waals surface area contributed by atoms with E-state index in [9.17, 15) is 4.79 Å². The molecule has 4 nitrogen and oxygen atoms in total. The van der Waals surface area contributed by atoms with E-state index in [-0.39, 0.29) is 24.2 Å². The van der Waals surface area contributed by atoms with Crippen LogP contribution in [-0.2, 0) is 4.79 Å². The monoisotopic (exact) mass is 325 g/mol. The van der Waals surface area contributed by atoms with Crippen LogP contribution in [0.4, 0.5) is 0 Å². The van der Waals surface area contributed by atoms with Crippen molar-refractivity contribution in [2.24, 2.45) is 0 Å². The fourth-order valence-electron chi connectivity index (χ4n) is 2.95. The summed E-state index contributed by atoms with van der Waals surface area (Å²) in [6, 6.07) is 15.4. The van der Waals surface area contributed by atoms with Gasteiger partial charge in [0.1, 0.15) is 17.1 Å². The minimum atomic E-state index is -0.315. The Balaban J connectivity index is 1.64. The molecule has 24 heavy (non-hydrogen) atoms. The molecule has 0 fully saturated rings. The third-order valence-corrected chi connectivity index (χ3v) is 4.10. The van der Waals surface area contributed by atoms with Crippen molar-refractivity contribution in [2.75, 3.05) is 6.61 Å². The Hall–Kier alpha value is -2.49. The number of aryl methyl sites for hydroxylation is 1. The second kappa shape index (κ2) is 6.56. The molecule has 3 rings (SSSR count). The van der Waals surface area contributed by atoms with Gasteiger partial charge in [-0.15, -0.1) is 0 Å². The van der Waals surface area contributed by atoms with E-state index in [1.165, 1.54) is 0 Å². The minimum absolute atomic E-state index is 0.00299. The number of fused-ring (bicyclic) bond motifs is 1. The SMILES string of the molecule is Cc1ccc(OCC(=O)N[C@@H]2CC(C)(C)Oc3ccccc32)cc1. The lowest BCUT2D eigenvalue weighted by Gasteiger charge is -2.37. The molecule has 0 bridgehead atoms. The molecule has 2 aromatic carbocycles. The number of hydrogen-bond acceptors (Lipinski definition) is 3. The van der Waals surface area contributed by atoms with Gasteiger partial charge < -0.3 is 14.8 Å². The molecule has 0 saturated carbocycles. The van der Waals surface area contributed by atoms with Gasteiger partial charge in [-0.05, 0) is 39.0 Å². The molecule has 126 valence electrons. The molecular weight excluding hydrogens is 302 g/mol. The second-order valence-corrected chi connectivity index (χ2v) is 6.83. The molecule has 4 heteroatoms. The molecule has 1 aliphatic heterocycles. The molecule has 1 amide bonds. The van der Waals surface area contributed by atoms with Crippen molar-refractivity contribution in [3.8, 4) is 11.5 Å². The van der Waals surface area contributed by atoms with Crippen molar-refractivity contribution in [3.05, 3.63) is 59.7 Å². The van der Waals surface area contributed by atoms with E-state index in [2.05, 4.69) is 5.32 Å². The van der Waals surface area contributed by atoms with Crippen molar-refractivity contribution in [2.45, 2.75) is 38.8 Å². The molecule has 2 aromatic rings. The number of ether oxygens (including phenoxy) is 2. The Bertz CT molecular complexity index is 722. The predicted molar refractivity (Wildman–Crippen MR) is 93.3 cm³/mol. The number of hydrogen-bond donors (Lipinski definition) is 1. The van der Waals surface area contributed by atoms with Crippen LogP contribution in [0.2, 0.25) is 0 Å². The molecule has 0 unspecified atom stereocenters. The Morgan fingerprint density at radius 3 is 2.67 bits per heavy atom. The summed E-state index contributed by atoms with van der Waals surface area (Å²) in [5, 5.41) is 3.07. The van der Waals surface area contributed by atoms with Gasteiger partial charge in [-0.25, -0.2) is 0 Å². The topological polar surface area (TPSA) is 47.6 Å². The summed E-state index contributed by atoms with van der Waals surface area (Å²) < 4.78 is 11.6. The first-order valence-electron chi connectivity index (χ1n) is 8.20. The summed E-state index contributed by atoms with van der Waals surface area (Å²) >= 11 is 0. The number of benzene rings is 2. The van der Waals surface area contributed by atoms with Gasteiger partial charge >= 0.3 is 0 Å². The van der Waals surface area contributed by atoms with Gasteiger partial charge in [-0.2, -0.15) is 0 Å². The first-order chi connectivity index (χ1) is 11.4. The molecular formula is C20H23NO3. The predicted octanol–water partition coefficient (Wildman–Crippen LogP) is 3.79. The van der Waals surface area contributed by atoms with Crippen molar-refractivity contribution in [1.82, 2.24) is 5.32 Å². The largest absolute Gasteiger partial charge is 0.487 e. The highest BCUT2D eigenvalue weighted by Gasteiger charge is 2.34. The van der Waals surface area contributed by atoms with Crippen molar-refractivity contribution in [3.63, 3.8) is 0 Å². The third-order valence-electron chi connectivity index (χ3n) is 4.10. The molecule has 1 atom stereocenters. The summed E-state index contributed by atoms with van der Waals surface area (Å²) in [6.07, 6.45) is 0.723. The number of carbonyl (C=O) groups is 1. The van der Waals surface area contributed by atoms with Crippen LogP contribution in [0.3, 0.4) is 0 Å². The summed E-state index contributed by atoms with van der Waals surface area (Å²) in [7, 11) is 0. The fraction of sp³-hybridized carbons (Fsp3) is 0.350. The summed E-state index contributed by atoms with van der Waals surface area (Å²) in [5.74, 6) is 1.40. The van der Waals surface area contributed by atoms with Gasteiger partial charge in [0.15, 0.2) is 6.61 Å². The fourth-order valence-corrected chi connectivity index (χ4v) is 2.95. The maximum atomic E-state index is 12.3. The highest BCUT2D eigenvalue weighted by atomic mass is 16.5. The average molecular weight is 325 g/mol. The standard InChI is InChI=1S/C20H23NO3/c1-14-8-10-15(11-9-14)23-13-19(22)21-17-12-20(2,3)24-18-7-5-4-6-16(17)18/h4-11,17H,12-13H2,1-3H3,(H,21,22)/t17-/m1/s1. The second-order valence-electron chi connectivity index (χ2n) is 6.83. The zero-order valence-corrected chi connectivity index (χ0v) is 14.3. The first kappa shape index (κ1) is 16.4. The third kappa shape index (κ3) is 3.88. The highest BCUT2D eigenvalue weighted by Crippen LogP contribution is 2.39. The average Bonchev–Trinajstić information content (AvgIpc) is 2.53. The number of carbonyl (C=O) groups excluding carboxylic acids is 1. The van der Waals surface area contributed by atoms with Crippen molar-refractivity contribution < 1.29 is 14.3 Å². The molecule has 1 heterocycles. The van der Waals surface area contributed by atoms with Gasteiger partial charge in [-0.1, -0.05) is 35.9 Å². The molecule has 1 aliphatic rings. The highest BCUT2D eigenvalue weighted by molar-refractivity contribution is 5.78. The van der Waals surface area contributed by atoms with Gasteiger partial charge in [0.25, 0.3) is 5.91 Å². The smallest absolute Gasteiger partial charge is 0.258 e. The summed E-state index contributed by atoms with van der Waals surface area (Å²) in [4.78, 5) is 12.3. The van der Waals surface area contributed by atoms with Crippen molar-refractivity contribution >= 4 is 5.91 Å². The number of para-hydroxylation sites is 1. The van der Waals surface area contributed by atoms with E-state index in [4.69, 9.17) is 9.47 Å². The molecule has 0 radical (unpaired) electrons. The van der Waals surface area contributed by atoms with Gasteiger partial charge in [0, 0.05) is 12.0 Å². The number of rotatable bonds is 4. The van der Waals surface area contributed by atoms with Crippen molar-refractivity contribution in [1.29, 1.82) is 0 Å². The lowest BCUT2D eigenvalue weighted by atomic mass is 9.90. The first-order valence-corrected chi connectivity index (χ1v) is 8.20. The molecule has 0 aromatic heterocycles. The Labute approximate surface area is 142 Å². The molecule has 0 aliphatic carbocycles. The molecule has 0 spiro atoms. The lowest BCUT2D eigenvalue weighted by molar-refractivity contribution is -0.124. The van der Waals surface area contributed by atoms with Crippen LogP contribution in [0.25, 0.3) is 0 Å². The van der Waals surface area contributed by atoms with E-state index in [0.29, 0.717) is 5.75 Å².